The van der Waals surface area contributed by atoms with Gasteiger partial charge in [-0.25, -0.2) is 0 Å². The molecule has 0 saturated heterocycles. The number of phenolic OH excluding ortho intramolecular Hbond substituents is 1. The molecule has 0 spiro atoms. The topological polar surface area (TPSA) is 162 Å². The number of aromatic hydroxyl groups is 1. The quantitative estimate of drug-likeness (QED) is 0.468. The Bertz CT molecular complexity index is 835. The van der Waals surface area contributed by atoms with Crippen LogP contribution in [0.25, 0.3) is 0 Å². The highest BCUT2D eigenvalue weighted by Gasteiger charge is 2.31. The molecule has 2 N–H and O–H groups in total. The fraction of sp³-hybridized carbons (Fsp3) is 0. The van der Waals surface area contributed by atoms with Crippen molar-refractivity contribution in [1.29, 1.82) is 0 Å². The second-order valence-corrected chi connectivity index (χ2v) is 4.85. The number of halogens is 1. The molecule has 0 aliphatic rings. The summed E-state index contributed by atoms with van der Waals surface area (Å²) < 4.78 is 0. The summed E-state index contributed by atoms with van der Waals surface area (Å²) in [6, 6.07) is 4.86. The minimum absolute atomic E-state index is 0.137. The van der Waals surface area contributed by atoms with E-state index in [1.54, 1.807) is 0 Å². The summed E-state index contributed by atoms with van der Waals surface area (Å²) >= 11 is 5.75. The van der Waals surface area contributed by atoms with Crippen LogP contribution in [0, 0.1) is 30.3 Å². The highest BCUT2D eigenvalue weighted by Crippen LogP contribution is 2.41. The van der Waals surface area contributed by atoms with Gasteiger partial charge in [0, 0.05) is 5.02 Å². The monoisotopic (exact) mass is 354 g/mol. The molecule has 0 radical (unpaired) electrons. The molecule has 0 saturated carbocycles. The number of hydrogen-bond acceptors (Lipinski definition) is 8. The zero-order valence-electron chi connectivity index (χ0n) is 11.5. The van der Waals surface area contributed by atoms with Crippen molar-refractivity contribution in [3.8, 4) is 5.75 Å². The van der Waals surface area contributed by atoms with E-state index in [4.69, 9.17) is 11.6 Å². The van der Waals surface area contributed by atoms with Crippen molar-refractivity contribution in [2.75, 3.05) is 5.32 Å². The van der Waals surface area contributed by atoms with Crippen LogP contribution in [0.5, 0.6) is 5.75 Å². The number of non-ortho nitro benzene ring substituents is 1. The molecule has 12 heteroatoms. The van der Waals surface area contributed by atoms with Crippen molar-refractivity contribution in [2.24, 2.45) is 0 Å². The second-order valence-electron chi connectivity index (χ2n) is 4.42. The Hall–Kier alpha value is -3.47. The van der Waals surface area contributed by atoms with Crippen molar-refractivity contribution < 1.29 is 19.9 Å². The Morgan fingerprint density at radius 2 is 1.46 bits per heavy atom. The molecule has 0 heterocycles. The standard InChI is InChI=1S/C12H7ClN4O7/c13-6-1-2-11(18)8(3-6)14-12-9(16(21)22)4-7(15(19)20)5-10(12)17(23)24/h1-5,14,18H. The van der Waals surface area contributed by atoms with Gasteiger partial charge in [0.1, 0.15) is 5.75 Å². The van der Waals surface area contributed by atoms with Gasteiger partial charge in [0.2, 0.25) is 0 Å². The van der Waals surface area contributed by atoms with Crippen LogP contribution >= 0.6 is 11.6 Å². The summed E-state index contributed by atoms with van der Waals surface area (Å²) in [7, 11) is 0. The first-order chi connectivity index (χ1) is 11.2. The highest BCUT2D eigenvalue weighted by atomic mass is 35.5. The smallest absolute Gasteiger partial charge is 0.306 e. The van der Waals surface area contributed by atoms with Gasteiger partial charge >= 0.3 is 11.4 Å². The van der Waals surface area contributed by atoms with E-state index in [2.05, 4.69) is 5.32 Å². The minimum Gasteiger partial charge on any atom is -0.506 e. The van der Waals surface area contributed by atoms with E-state index in [1.165, 1.54) is 18.2 Å². The Morgan fingerprint density at radius 3 is 1.92 bits per heavy atom. The normalized spacial score (nSPS) is 10.2. The van der Waals surface area contributed by atoms with Crippen molar-refractivity contribution >= 4 is 40.0 Å². The third kappa shape index (κ3) is 3.30. The summed E-state index contributed by atoms with van der Waals surface area (Å²) in [5, 5.41) is 45.3. The lowest BCUT2D eigenvalue weighted by molar-refractivity contribution is -0.401. The predicted molar refractivity (Wildman–Crippen MR) is 82.8 cm³/mol. The number of phenols is 1. The fourth-order valence-corrected chi connectivity index (χ4v) is 2.03. The maximum atomic E-state index is 11.1. The molecule has 0 fully saturated rings. The Kier molecular flexibility index (Phi) is 4.46. The Labute approximate surface area is 137 Å². The number of nitro groups is 3. The van der Waals surface area contributed by atoms with Crippen LogP contribution in [0.3, 0.4) is 0 Å². The van der Waals surface area contributed by atoms with Gasteiger partial charge < -0.3 is 10.4 Å². The first-order valence-corrected chi connectivity index (χ1v) is 6.45. The van der Waals surface area contributed by atoms with E-state index in [1.807, 2.05) is 0 Å². The number of anilines is 2. The molecule has 24 heavy (non-hydrogen) atoms. The van der Waals surface area contributed by atoms with Gasteiger partial charge in [0.25, 0.3) is 5.69 Å². The van der Waals surface area contributed by atoms with E-state index in [0.717, 1.165) is 0 Å². The van der Waals surface area contributed by atoms with Crippen LogP contribution in [0.2, 0.25) is 5.02 Å². The third-order valence-electron chi connectivity index (χ3n) is 2.90. The van der Waals surface area contributed by atoms with Gasteiger partial charge in [0.15, 0.2) is 5.69 Å². The minimum atomic E-state index is -1.01. The van der Waals surface area contributed by atoms with Crippen molar-refractivity contribution in [2.45, 2.75) is 0 Å². The van der Waals surface area contributed by atoms with E-state index in [9.17, 15) is 35.4 Å². The average Bonchev–Trinajstić information content (AvgIpc) is 2.50. The summed E-state index contributed by atoms with van der Waals surface area (Å²) in [6.45, 7) is 0. The molecule has 2 rings (SSSR count). The molecular weight excluding hydrogens is 348 g/mol. The largest absolute Gasteiger partial charge is 0.506 e. The summed E-state index contributed by atoms with van der Waals surface area (Å²) in [5.74, 6) is -0.374. The zero-order chi connectivity index (χ0) is 18.0. The van der Waals surface area contributed by atoms with E-state index in [-0.39, 0.29) is 16.5 Å². The zero-order valence-corrected chi connectivity index (χ0v) is 12.3. The van der Waals surface area contributed by atoms with Crippen LogP contribution < -0.4 is 5.32 Å². The molecule has 0 bridgehead atoms. The third-order valence-corrected chi connectivity index (χ3v) is 3.14. The van der Waals surface area contributed by atoms with Gasteiger partial charge in [-0.05, 0) is 18.2 Å². The highest BCUT2D eigenvalue weighted by molar-refractivity contribution is 6.31. The molecule has 11 nitrogen and oxygen atoms in total. The maximum absolute atomic E-state index is 11.1. The Morgan fingerprint density at radius 1 is 0.917 bits per heavy atom. The van der Waals surface area contributed by atoms with Gasteiger partial charge in [-0.1, -0.05) is 11.6 Å². The van der Waals surface area contributed by atoms with E-state index in [0.29, 0.717) is 12.1 Å². The molecule has 2 aromatic carbocycles. The molecule has 2 aromatic rings. The lowest BCUT2D eigenvalue weighted by atomic mass is 10.2. The lowest BCUT2D eigenvalue weighted by Gasteiger charge is -2.09. The lowest BCUT2D eigenvalue weighted by Crippen LogP contribution is -2.03. The first kappa shape index (κ1) is 16.9. The number of rotatable bonds is 5. The second kappa shape index (κ2) is 6.34. The van der Waals surface area contributed by atoms with Gasteiger partial charge in [-0.3, -0.25) is 30.3 Å². The molecule has 0 unspecified atom stereocenters. The predicted octanol–water partition coefficient (Wildman–Crippen LogP) is 3.51. The fourth-order valence-electron chi connectivity index (χ4n) is 1.86. The SMILES string of the molecule is O=[N+]([O-])c1cc([N+](=O)[O-])c(Nc2cc(Cl)ccc2O)c([N+](=O)[O-])c1. The summed E-state index contributed by atoms with van der Waals surface area (Å²) in [5.41, 5.74) is -3.35. The average molecular weight is 355 g/mol. The molecule has 0 amide bonds. The molecule has 0 aliphatic heterocycles. The number of hydrogen-bond donors (Lipinski definition) is 2. The number of benzene rings is 2. The van der Waals surface area contributed by atoms with Gasteiger partial charge in [-0.2, -0.15) is 0 Å². The van der Waals surface area contributed by atoms with Crippen molar-refractivity contribution in [1.82, 2.24) is 0 Å². The Balaban J connectivity index is 2.70. The molecule has 0 aliphatic carbocycles. The molecule has 0 aromatic heterocycles. The number of nitrogens with one attached hydrogen (secondary N) is 1. The summed E-state index contributed by atoms with van der Waals surface area (Å²) in [4.78, 5) is 30.1. The van der Waals surface area contributed by atoms with Gasteiger partial charge in [-0.15, -0.1) is 0 Å². The van der Waals surface area contributed by atoms with Crippen LogP contribution in [0.1, 0.15) is 0 Å². The molecule has 0 atom stereocenters. The number of nitrogens with zero attached hydrogens (tertiary/aromatic N) is 3. The van der Waals surface area contributed by atoms with Crippen molar-refractivity contribution in [3.63, 3.8) is 0 Å². The van der Waals surface area contributed by atoms with Crippen LogP contribution in [-0.2, 0) is 0 Å². The van der Waals surface area contributed by atoms with E-state index >= 15 is 0 Å². The van der Waals surface area contributed by atoms with Crippen LogP contribution in [0.15, 0.2) is 30.3 Å². The first-order valence-electron chi connectivity index (χ1n) is 6.07. The summed E-state index contributed by atoms with van der Waals surface area (Å²) in [6.07, 6.45) is 0. The molecule has 124 valence electrons. The van der Waals surface area contributed by atoms with Gasteiger partial charge in [0.05, 0.1) is 32.6 Å². The van der Waals surface area contributed by atoms with Crippen LogP contribution in [0.4, 0.5) is 28.4 Å². The van der Waals surface area contributed by atoms with E-state index < -0.39 is 37.5 Å². The van der Waals surface area contributed by atoms with Crippen LogP contribution in [-0.4, -0.2) is 19.9 Å². The maximum Gasteiger partial charge on any atom is 0.306 e. The van der Waals surface area contributed by atoms with Crippen molar-refractivity contribution in [3.05, 3.63) is 65.7 Å². The molecular formula is C12H7ClN4O7. The number of nitro benzene ring substituents is 3.